The number of halogens is 2. The second-order valence-corrected chi connectivity index (χ2v) is 5.13. The lowest BCUT2D eigenvalue weighted by Gasteiger charge is -2.36. The second kappa shape index (κ2) is 6.19. The van der Waals surface area contributed by atoms with E-state index in [1.54, 1.807) is 17.0 Å². The van der Waals surface area contributed by atoms with Crippen molar-refractivity contribution in [2.45, 2.75) is 6.04 Å². The molecular weight excluding hydrogens is 288 g/mol. The van der Waals surface area contributed by atoms with E-state index >= 15 is 0 Å². The zero-order valence-electron chi connectivity index (χ0n) is 11.8. The average molecular weight is 303 g/mol. The maximum atomic E-state index is 13.8. The Hall–Kier alpha value is -2.34. The summed E-state index contributed by atoms with van der Waals surface area (Å²) in [4.78, 5) is 17.9. The number of carbonyl (C=O) groups excluding carboxylic acids is 1. The zero-order valence-corrected chi connectivity index (χ0v) is 11.8. The summed E-state index contributed by atoms with van der Waals surface area (Å²) in [5.74, 6) is -1.41. The lowest BCUT2D eigenvalue weighted by molar-refractivity contribution is 0.0629. The molecule has 1 fully saturated rings. The number of pyridine rings is 1. The second-order valence-electron chi connectivity index (χ2n) is 5.13. The number of piperazine rings is 1. The van der Waals surface area contributed by atoms with Crippen molar-refractivity contribution in [1.82, 2.24) is 15.2 Å². The molecule has 0 aliphatic carbocycles. The number of aromatic nitrogens is 1. The molecule has 3 rings (SSSR count). The van der Waals surface area contributed by atoms with E-state index in [4.69, 9.17) is 0 Å². The molecule has 0 radical (unpaired) electrons. The predicted molar refractivity (Wildman–Crippen MR) is 77.2 cm³/mol. The summed E-state index contributed by atoms with van der Waals surface area (Å²) in [7, 11) is 0. The van der Waals surface area contributed by atoms with Gasteiger partial charge in [0.25, 0.3) is 5.91 Å². The van der Waals surface area contributed by atoms with Crippen LogP contribution in [0.2, 0.25) is 0 Å². The van der Waals surface area contributed by atoms with E-state index in [-0.39, 0.29) is 17.4 Å². The van der Waals surface area contributed by atoms with E-state index in [9.17, 15) is 13.6 Å². The molecule has 1 aliphatic rings. The molecule has 0 spiro atoms. The van der Waals surface area contributed by atoms with Gasteiger partial charge in [-0.25, -0.2) is 8.78 Å². The number of benzene rings is 1. The highest BCUT2D eigenvalue weighted by atomic mass is 19.1. The summed E-state index contributed by atoms with van der Waals surface area (Å²) in [6.45, 7) is 1.55. The Bertz CT molecular complexity index is 693. The van der Waals surface area contributed by atoms with Crippen LogP contribution in [-0.2, 0) is 0 Å². The van der Waals surface area contributed by atoms with Gasteiger partial charge in [-0.05, 0) is 23.8 Å². The van der Waals surface area contributed by atoms with Crippen LogP contribution in [0.15, 0.2) is 42.7 Å². The summed E-state index contributed by atoms with van der Waals surface area (Å²) in [6.07, 6.45) is 2.41. The third-order valence-electron chi connectivity index (χ3n) is 3.74. The molecule has 22 heavy (non-hydrogen) atoms. The van der Waals surface area contributed by atoms with Crippen molar-refractivity contribution in [3.8, 4) is 0 Å². The van der Waals surface area contributed by atoms with E-state index < -0.39 is 11.7 Å². The Morgan fingerprint density at radius 1 is 1.32 bits per heavy atom. The lowest BCUT2D eigenvalue weighted by atomic mass is 10.0. The zero-order chi connectivity index (χ0) is 15.5. The number of hydrogen-bond acceptors (Lipinski definition) is 3. The van der Waals surface area contributed by atoms with Crippen molar-refractivity contribution in [2.75, 3.05) is 19.6 Å². The highest BCUT2D eigenvalue weighted by molar-refractivity contribution is 5.94. The molecule has 114 valence electrons. The number of nitrogens with zero attached hydrogens (tertiary/aromatic N) is 2. The van der Waals surface area contributed by atoms with Gasteiger partial charge in [0.15, 0.2) is 5.82 Å². The first kappa shape index (κ1) is 14.6. The predicted octanol–water partition coefficient (Wildman–Crippen LogP) is 2.15. The fourth-order valence-electron chi connectivity index (χ4n) is 2.66. The molecule has 2 heterocycles. The van der Waals surface area contributed by atoms with Gasteiger partial charge in [-0.15, -0.1) is 0 Å². The minimum absolute atomic E-state index is 0.0155. The van der Waals surface area contributed by atoms with E-state index in [1.807, 2.05) is 0 Å². The SMILES string of the molecule is O=C(c1ccncc1F)N1CCNCC1c1cccc(F)c1. The van der Waals surface area contributed by atoms with Crippen LogP contribution in [0, 0.1) is 11.6 Å². The van der Waals surface area contributed by atoms with Crippen LogP contribution in [-0.4, -0.2) is 35.4 Å². The van der Waals surface area contributed by atoms with Gasteiger partial charge < -0.3 is 10.2 Å². The van der Waals surface area contributed by atoms with Gasteiger partial charge in [0, 0.05) is 25.8 Å². The van der Waals surface area contributed by atoms with Gasteiger partial charge in [0.1, 0.15) is 5.82 Å². The first-order chi connectivity index (χ1) is 10.7. The summed E-state index contributed by atoms with van der Waals surface area (Å²) < 4.78 is 27.2. The highest BCUT2D eigenvalue weighted by Crippen LogP contribution is 2.25. The number of rotatable bonds is 2. The molecule has 1 aliphatic heterocycles. The van der Waals surface area contributed by atoms with Crippen LogP contribution < -0.4 is 5.32 Å². The number of amides is 1. The van der Waals surface area contributed by atoms with Crippen LogP contribution in [0.25, 0.3) is 0 Å². The molecular formula is C16H15F2N3O. The molecule has 0 saturated carbocycles. The van der Waals surface area contributed by atoms with Crippen LogP contribution in [0.4, 0.5) is 8.78 Å². The van der Waals surface area contributed by atoms with Crippen molar-refractivity contribution in [1.29, 1.82) is 0 Å². The largest absolute Gasteiger partial charge is 0.329 e. The minimum Gasteiger partial charge on any atom is -0.329 e. The Morgan fingerprint density at radius 3 is 2.95 bits per heavy atom. The molecule has 1 atom stereocenters. The summed E-state index contributed by atoms with van der Waals surface area (Å²) in [6, 6.07) is 7.17. The topological polar surface area (TPSA) is 45.2 Å². The lowest BCUT2D eigenvalue weighted by Crippen LogP contribution is -2.48. The fraction of sp³-hybridized carbons (Fsp3) is 0.250. The number of nitrogens with one attached hydrogen (secondary N) is 1. The molecule has 1 N–H and O–H groups in total. The van der Waals surface area contributed by atoms with E-state index in [0.717, 1.165) is 6.20 Å². The van der Waals surface area contributed by atoms with E-state index in [1.165, 1.54) is 24.4 Å². The van der Waals surface area contributed by atoms with Gasteiger partial charge in [0.2, 0.25) is 0 Å². The van der Waals surface area contributed by atoms with Crippen LogP contribution in [0.5, 0.6) is 0 Å². The van der Waals surface area contributed by atoms with Crippen molar-refractivity contribution in [3.63, 3.8) is 0 Å². The van der Waals surface area contributed by atoms with Crippen molar-refractivity contribution in [2.24, 2.45) is 0 Å². The van der Waals surface area contributed by atoms with Crippen molar-refractivity contribution >= 4 is 5.91 Å². The minimum atomic E-state index is -0.649. The Labute approximate surface area is 126 Å². The molecule has 1 saturated heterocycles. The standard InChI is InChI=1S/C16H15F2N3O/c17-12-3-1-2-11(8-12)15-10-20-6-7-21(15)16(22)13-4-5-19-9-14(13)18/h1-5,8-9,15,20H,6-7,10H2. The van der Waals surface area contributed by atoms with Gasteiger partial charge in [-0.1, -0.05) is 12.1 Å². The number of hydrogen-bond donors (Lipinski definition) is 1. The maximum Gasteiger partial charge on any atom is 0.257 e. The first-order valence-electron chi connectivity index (χ1n) is 7.03. The van der Waals surface area contributed by atoms with Gasteiger partial charge in [0.05, 0.1) is 17.8 Å². The normalized spacial score (nSPS) is 18.3. The van der Waals surface area contributed by atoms with Gasteiger partial charge in [-0.2, -0.15) is 0 Å². The van der Waals surface area contributed by atoms with Crippen LogP contribution >= 0.6 is 0 Å². The monoisotopic (exact) mass is 303 g/mol. The average Bonchev–Trinajstić information content (AvgIpc) is 2.55. The molecule has 0 bridgehead atoms. The molecule has 1 aromatic heterocycles. The van der Waals surface area contributed by atoms with Crippen molar-refractivity contribution in [3.05, 3.63) is 65.5 Å². The summed E-state index contributed by atoms with van der Waals surface area (Å²) in [5.41, 5.74) is 0.674. The van der Waals surface area contributed by atoms with E-state index in [0.29, 0.717) is 25.2 Å². The Kier molecular flexibility index (Phi) is 4.11. The molecule has 6 heteroatoms. The summed E-state index contributed by atoms with van der Waals surface area (Å²) >= 11 is 0. The van der Waals surface area contributed by atoms with E-state index in [2.05, 4.69) is 10.3 Å². The Morgan fingerprint density at radius 2 is 2.18 bits per heavy atom. The van der Waals surface area contributed by atoms with Gasteiger partial charge in [-0.3, -0.25) is 9.78 Å². The molecule has 4 nitrogen and oxygen atoms in total. The third kappa shape index (κ3) is 2.82. The molecule has 1 aromatic carbocycles. The van der Waals surface area contributed by atoms with Crippen LogP contribution in [0.1, 0.15) is 22.0 Å². The first-order valence-corrected chi connectivity index (χ1v) is 7.03. The maximum absolute atomic E-state index is 13.8. The molecule has 2 aromatic rings. The molecule has 1 unspecified atom stereocenters. The smallest absolute Gasteiger partial charge is 0.257 e. The third-order valence-corrected chi connectivity index (χ3v) is 3.74. The summed E-state index contributed by atoms with van der Waals surface area (Å²) in [5, 5.41) is 3.18. The molecule has 1 amide bonds. The Balaban J connectivity index is 1.93. The fourth-order valence-corrected chi connectivity index (χ4v) is 2.66. The highest BCUT2D eigenvalue weighted by Gasteiger charge is 2.30. The quantitative estimate of drug-likeness (QED) is 0.924. The van der Waals surface area contributed by atoms with Crippen molar-refractivity contribution < 1.29 is 13.6 Å². The van der Waals surface area contributed by atoms with Crippen LogP contribution in [0.3, 0.4) is 0 Å². The number of carbonyl (C=O) groups is 1. The van der Waals surface area contributed by atoms with Gasteiger partial charge >= 0.3 is 0 Å².